The molecule has 0 radical (unpaired) electrons. The molecule has 0 aliphatic carbocycles. The molecular formula is C14H29NO3. The van der Waals surface area contributed by atoms with Gasteiger partial charge in [-0.15, -0.1) is 0 Å². The molecule has 4 nitrogen and oxygen atoms in total. The fourth-order valence-electron chi connectivity index (χ4n) is 1.04. The van der Waals surface area contributed by atoms with E-state index < -0.39 is 5.97 Å². The van der Waals surface area contributed by atoms with Crippen molar-refractivity contribution >= 4 is 5.97 Å². The Bertz CT molecular complexity index is 215. The maximum atomic E-state index is 10.5. The summed E-state index contributed by atoms with van der Waals surface area (Å²) in [6.07, 6.45) is 5.50. The molecule has 0 saturated heterocycles. The standard InChI is InChI=1S/C8H19N.C6H10O3/c1-4-5-6-7-8-9(2)3;1-4-8-9-6(7)5(2)3/h4-8H2,1-3H3;2,4H2,1,3H3. The van der Waals surface area contributed by atoms with Crippen molar-refractivity contribution in [3.8, 4) is 0 Å². The van der Waals surface area contributed by atoms with E-state index in [2.05, 4.69) is 42.3 Å². The molecule has 0 aromatic heterocycles. The minimum atomic E-state index is -0.517. The van der Waals surface area contributed by atoms with E-state index in [9.17, 15) is 4.79 Å². The van der Waals surface area contributed by atoms with Crippen LogP contribution in [-0.4, -0.2) is 38.1 Å². The van der Waals surface area contributed by atoms with Crippen LogP contribution in [0.3, 0.4) is 0 Å². The summed E-state index contributed by atoms with van der Waals surface area (Å²) in [4.78, 5) is 21.3. The van der Waals surface area contributed by atoms with Crippen LogP contribution < -0.4 is 0 Å². The van der Waals surface area contributed by atoms with Gasteiger partial charge < -0.3 is 4.90 Å². The summed E-state index contributed by atoms with van der Waals surface area (Å²) in [6, 6.07) is 0. The monoisotopic (exact) mass is 259 g/mol. The highest BCUT2D eigenvalue weighted by Gasteiger charge is 2.01. The second kappa shape index (κ2) is 14.2. The predicted octanol–water partition coefficient (Wildman–Crippen LogP) is 3.19. The molecular weight excluding hydrogens is 230 g/mol. The number of carbonyl (C=O) groups excluding carboxylic acids is 1. The van der Waals surface area contributed by atoms with E-state index in [0.717, 1.165) is 0 Å². The largest absolute Gasteiger partial charge is 0.368 e. The Morgan fingerprint density at radius 1 is 1.17 bits per heavy atom. The van der Waals surface area contributed by atoms with Crippen molar-refractivity contribution in [1.82, 2.24) is 4.90 Å². The van der Waals surface area contributed by atoms with Crippen molar-refractivity contribution in [3.63, 3.8) is 0 Å². The Hall–Kier alpha value is -0.870. The van der Waals surface area contributed by atoms with Crippen molar-refractivity contribution in [2.24, 2.45) is 0 Å². The van der Waals surface area contributed by atoms with Gasteiger partial charge in [0.15, 0.2) is 0 Å². The maximum absolute atomic E-state index is 10.5. The number of hydrogen-bond donors (Lipinski definition) is 0. The minimum absolute atomic E-state index is 0.337. The Balaban J connectivity index is 0. The third kappa shape index (κ3) is 17.5. The van der Waals surface area contributed by atoms with E-state index in [-0.39, 0.29) is 0 Å². The molecule has 0 aromatic carbocycles. The SMILES string of the molecule is C=C(C)C(=O)OOCC.CCCCCCN(C)C. The first-order valence-electron chi connectivity index (χ1n) is 6.59. The zero-order chi connectivity index (χ0) is 14.4. The molecule has 0 spiro atoms. The van der Waals surface area contributed by atoms with Crippen LogP contribution in [0.25, 0.3) is 0 Å². The fraction of sp³-hybridized carbons (Fsp3) is 0.786. The highest BCUT2D eigenvalue weighted by atomic mass is 17.2. The molecule has 4 heteroatoms. The molecule has 0 rings (SSSR count). The number of nitrogens with zero attached hydrogens (tertiary/aromatic N) is 1. The fourth-order valence-corrected chi connectivity index (χ4v) is 1.04. The molecule has 0 aliphatic rings. The highest BCUT2D eigenvalue weighted by Crippen LogP contribution is 1.98. The van der Waals surface area contributed by atoms with Gasteiger partial charge >= 0.3 is 5.97 Å². The van der Waals surface area contributed by atoms with Crippen LogP contribution in [0.5, 0.6) is 0 Å². The summed E-state index contributed by atoms with van der Waals surface area (Å²) in [5, 5.41) is 0. The summed E-state index contributed by atoms with van der Waals surface area (Å²) in [5.41, 5.74) is 0.337. The van der Waals surface area contributed by atoms with Gasteiger partial charge in [0.1, 0.15) is 0 Å². The zero-order valence-electron chi connectivity index (χ0n) is 12.6. The van der Waals surface area contributed by atoms with Gasteiger partial charge in [-0.05, 0) is 40.9 Å². The molecule has 0 bridgehead atoms. The van der Waals surface area contributed by atoms with E-state index in [1.165, 1.54) is 32.2 Å². The van der Waals surface area contributed by atoms with Gasteiger partial charge in [0, 0.05) is 5.57 Å². The summed E-state index contributed by atoms with van der Waals surface area (Å²) < 4.78 is 0. The van der Waals surface area contributed by atoms with Crippen LogP contribution in [0, 0.1) is 0 Å². The quantitative estimate of drug-likeness (QED) is 0.290. The summed E-state index contributed by atoms with van der Waals surface area (Å²) in [6.45, 7) is 10.5. The summed E-state index contributed by atoms with van der Waals surface area (Å²) in [7, 11) is 4.26. The van der Waals surface area contributed by atoms with Crippen LogP contribution in [0.15, 0.2) is 12.2 Å². The first-order valence-corrected chi connectivity index (χ1v) is 6.59. The van der Waals surface area contributed by atoms with Crippen molar-refractivity contribution in [1.29, 1.82) is 0 Å². The Morgan fingerprint density at radius 2 is 1.78 bits per heavy atom. The number of hydrogen-bond acceptors (Lipinski definition) is 4. The topological polar surface area (TPSA) is 38.8 Å². The minimum Gasteiger partial charge on any atom is -0.309 e. The molecule has 0 fully saturated rings. The predicted molar refractivity (Wildman–Crippen MR) is 75.2 cm³/mol. The van der Waals surface area contributed by atoms with Crippen LogP contribution in [-0.2, 0) is 14.6 Å². The number of carbonyl (C=O) groups is 1. The van der Waals surface area contributed by atoms with Gasteiger partial charge in [-0.2, -0.15) is 4.89 Å². The van der Waals surface area contributed by atoms with Gasteiger partial charge in [-0.25, -0.2) is 4.79 Å². The highest BCUT2D eigenvalue weighted by molar-refractivity contribution is 5.86. The second-order valence-electron chi connectivity index (χ2n) is 4.42. The molecule has 0 unspecified atom stereocenters. The lowest BCUT2D eigenvalue weighted by Crippen LogP contribution is -2.12. The van der Waals surface area contributed by atoms with Crippen molar-refractivity contribution in [2.75, 3.05) is 27.2 Å². The van der Waals surface area contributed by atoms with Gasteiger partial charge in [0.2, 0.25) is 0 Å². The number of rotatable bonds is 8. The van der Waals surface area contributed by atoms with Crippen LogP contribution in [0.2, 0.25) is 0 Å². The van der Waals surface area contributed by atoms with E-state index in [1.54, 1.807) is 13.8 Å². The van der Waals surface area contributed by atoms with Gasteiger partial charge in [0.25, 0.3) is 0 Å². The Morgan fingerprint density at radius 3 is 2.17 bits per heavy atom. The molecule has 108 valence electrons. The van der Waals surface area contributed by atoms with Crippen LogP contribution >= 0.6 is 0 Å². The summed E-state index contributed by atoms with van der Waals surface area (Å²) in [5.74, 6) is -0.517. The molecule has 0 saturated carbocycles. The van der Waals surface area contributed by atoms with E-state index in [1.807, 2.05) is 0 Å². The first-order chi connectivity index (χ1) is 8.45. The number of unbranched alkanes of at least 4 members (excludes halogenated alkanes) is 3. The molecule has 0 atom stereocenters. The van der Waals surface area contributed by atoms with Gasteiger partial charge in [0.05, 0.1) is 6.61 Å². The lowest BCUT2D eigenvalue weighted by molar-refractivity contribution is -0.265. The first kappa shape index (κ1) is 19.5. The van der Waals surface area contributed by atoms with Gasteiger partial charge in [-0.3, -0.25) is 4.89 Å². The van der Waals surface area contributed by atoms with Crippen molar-refractivity contribution in [2.45, 2.75) is 46.5 Å². The van der Waals surface area contributed by atoms with E-state index in [4.69, 9.17) is 0 Å². The summed E-state index contributed by atoms with van der Waals surface area (Å²) >= 11 is 0. The molecule has 0 N–H and O–H groups in total. The van der Waals surface area contributed by atoms with Gasteiger partial charge in [-0.1, -0.05) is 32.8 Å². The lowest BCUT2D eigenvalue weighted by Gasteiger charge is -2.07. The smallest absolute Gasteiger partial charge is 0.309 e. The van der Waals surface area contributed by atoms with Crippen LogP contribution in [0.4, 0.5) is 0 Å². The lowest BCUT2D eigenvalue weighted by atomic mass is 10.2. The van der Waals surface area contributed by atoms with Crippen LogP contribution in [0.1, 0.15) is 46.5 Å². The molecule has 0 amide bonds. The van der Waals surface area contributed by atoms with E-state index in [0.29, 0.717) is 12.2 Å². The molecule has 0 aromatic rings. The third-order valence-corrected chi connectivity index (χ3v) is 2.06. The Kier molecular flexibility index (Phi) is 15.4. The molecule has 18 heavy (non-hydrogen) atoms. The molecule has 0 aliphatic heterocycles. The van der Waals surface area contributed by atoms with E-state index >= 15 is 0 Å². The average molecular weight is 259 g/mol. The molecule has 0 heterocycles. The Labute approximate surface area is 112 Å². The zero-order valence-corrected chi connectivity index (χ0v) is 12.6. The van der Waals surface area contributed by atoms with Crippen molar-refractivity contribution in [3.05, 3.63) is 12.2 Å². The normalized spacial score (nSPS) is 9.67. The van der Waals surface area contributed by atoms with Crippen molar-refractivity contribution < 1.29 is 14.6 Å². The third-order valence-electron chi connectivity index (χ3n) is 2.06. The second-order valence-corrected chi connectivity index (χ2v) is 4.42. The average Bonchev–Trinajstić information content (AvgIpc) is 2.32. The maximum Gasteiger partial charge on any atom is 0.368 e.